The van der Waals surface area contributed by atoms with Gasteiger partial charge in [-0.1, -0.05) is 12.1 Å². The molecule has 2 N–H and O–H groups in total. The van der Waals surface area contributed by atoms with Gasteiger partial charge in [0.2, 0.25) is 0 Å². The molecule has 1 saturated carbocycles. The van der Waals surface area contributed by atoms with Crippen molar-refractivity contribution in [3.8, 4) is 0 Å². The number of methoxy groups -OCH3 is 1. The number of rotatable bonds is 3. The number of halogens is 1. The molecule has 1 aromatic carbocycles. The standard InChI is InChI=1S/C12H16FNO/c1-15-7-9-6-11(14)12(9)8-2-4-10(13)5-3-8/h2-5,9,11-12H,6-7,14H2,1H3. The summed E-state index contributed by atoms with van der Waals surface area (Å²) in [6.07, 6.45) is 0.996. The second kappa shape index (κ2) is 4.29. The molecule has 0 bridgehead atoms. The van der Waals surface area contributed by atoms with Crippen LogP contribution in [0.2, 0.25) is 0 Å². The minimum Gasteiger partial charge on any atom is -0.384 e. The van der Waals surface area contributed by atoms with Crippen LogP contribution in [0.1, 0.15) is 17.9 Å². The van der Waals surface area contributed by atoms with E-state index >= 15 is 0 Å². The van der Waals surface area contributed by atoms with Crippen molar-refractivity contribution in [2.24, 2.45) is 11.7 Å². The fourth-order valence-corrected chi connectivity index (χ4v) is 2.39. The van der Waals surface area contributed by atoms with E-state index in [1.807, 2.05) is 12.1 Å². The highest BCUT2D eigenvalue weighted by Gasteiger charge is 2.39. The van der Waals surface area contributed by atoms with E-state index in [-0.39, 0.29) is 11.9 Å². The predicted octanol–water partition coefficient (Wildman–Crippen LogP) is 1.90. The van der Waals surface area contributed by atoms with Gasteiger partial charge in [-0.3, -0.25) is 0 Å². The molecule has 0 radical (unpaired) electrons. The minimum absolute atomic E-state index is 0.190. The lowest BCUT2D eigenvalue weighted by atomic mass is 9.67. The van der Waals surface area contributed by atoms with Gasteiger partial charge in [-0.25, -0.2) is 4.39 Å². The van der Waals surface area contributed by atoms with E-state index in [4.69, 9.17) is 10.5 Å². The van der Waals surface area contributed by atoms with E-state index in [1.165, 1.54) is 12.1 Å². The third-order valence-electron chi connectivity index (χ3n) is 3.18. The summed E-state index contributed by atoms with van der Waals surface area (Å²) in [5, 5.41) is 0. The third-order valence-corrected chi connectivity index (χ3v) is 3.18. The molecule has 0 amide bonds. The molecule has 1 aromatic rings. The fourth-order valence-electron chi connectivity index (χ4n) is 2.39. The van der Waals surface area contributed by atoms with Gasteiger partial charge in [0.1, 0.15) is 5.82 Å². The maximum absolute atomic E-state index is 12.8. The summed E-state index contributed by atoms with van der Waals surface area (Å²) in [6.45, 7) is 0.732. The molecule has 0 aliphatic heterocycles. The zero-order valence-corrected chi connectivity index (χ0v) is 8.82. The molecule has 1 aliphatic carbocycles. The van der Waals surface area contributed by atoms with Crippen LogP contribution in [-0.2, 0) is 4.74 Å². The largest absolute Gasteiger partial charge is 0.384 e. The van der Waals surface area contributed by atoms with Gasteiger partial charge in [0, 0.05) is 25.7 Å². The summed E-state index contributed by atoms with van der Waals surface area (Å²) in [6, 6.07) is 6.81. The molecule has 0 aromatic heterocycles. The SMILES string of the molecule is COCC1CC(N)C1c1ccc(F)cc1. The van der Waals surface area contributed by atoms with Gasteiger partial charge in [0.25, 0.3) is 0 Å². The lowest BCUT2D eigenvalue weighted by molar-refractivity contribution is 0.0776. The van der Waals surface area contributed by atoms with Crippen molar-refractivity contribution >= 4 is 0 Å². The van der Waals surface area contributed by atoms with Crippen LogP contribution in [-0.4, -0.2) is 19.8 Å². The Bertz CT molecular complexity index is 323. The average molecular weight is 209 g/mol. The van der Waals surface area contributed by atoms with E-state index in [0.717, 1.165) is 18.6 Å². The normalized spacial score (nSPS) is 29.9. The Morgan fingerprint density at radius 2 is 2.07 bits per heavy atom. The summed E-state index contributed by atoms with van der Waals surface area (Å²) in [7, 11) is 1.70. The molecule has 2 nitrogen and oxygen atoms in total. The Morgan fingerprint density at radius 3 is 2.60 bits per heavy atom. The second-order valence-electron chi connectivity index (χ2n) is 4.19. The topological polar surface area (TPSA) is 35.2 Å². The molecular formula is C12H16FNO. The zero-order valence-electron chi connectivity index (χ0n) is 8.82. The first-order valence-corrected chi connectivity index (χ1v) is 5.22. The molecule has 0 spiro atoms. The van der Waals surface area contributed by atoms with E-state index in [0.29, 0.717) is 11.8 Å². The number of nitrogens with two attached hydrogens (primary N) is 1. The summed E-state index contributed by atoms with van der Waals surface area (Å²) >= 11 is 0. The molecule has 82 valence electrons. The molecule has 1 aliphatic rings. The number of hydrogen-bond donors (Lipinski definition) is 1. The van der Waals surface area contributed by atoms with Crippen molar-refractivity contribution in [3.05, 3.63) is 35.6 Å². The molecule has 0 saturated heterocycles. The lowest BCUT2D eigenvalue weighted by Crippen LogP contribution is -2.47. The summed E-state index contributed by atoms with van der Waals surface area (Å²) in [5.74, 6) is 0.607. The van der Waals surface area contributed by atoms with Crippen molar-refractivity contribution in [3.63, 3.8) is 0 Å². The van der Waals surface area contributed by atoms with Crippen molar-refractivity contribution < 1.29 is 9.13 Å². The van der Waals surface area contributed by atoms with Gasteiger partial charge in [0.15, 0.2) is 0 Å². The third kappa shape index (κ3) is 2.03. The van der Waals surface area contributed by atoms with Gasteiger partial charge in [-0.2, -0.15) is 0 Å². The summed E-state index contributed by atoms with van der Waals surface area (Å²) < 4.78 is 17.9. The van der Waals surface area contributed by atoms with Crippen molar-refractivity contribution in [2.45, 2.75) is 18.4 Å². The Kier molecular flexibility index (Phi) is 3.03. The predicted molar refractivity (Wildman–Crippen MR) is 57.1 cm³/mol. The Balaban J connectivity index is 2.11. The van der Waals surface area contributed by atoms with E-state index in [1.54, 1.807) is 7.11 Å². The van der Waals surface area contributed by atoms with Gasteiger partial charge >= 0.3 is 0 Å². The molecule has 1 fully saturated rings. The van der Waals surface area contributed by atoms with Crippen LogP contribution in [0.15, 0.2) is 24.3 Å². The van der Waals surface area contributed by atoms with Crippen molar-refractivity contribution in [1.82, 2.24) is 0 Å². The highest BCUT2D eigenvalue weighted by Crippen LogP contribution is 2.41. The monoisotopic (exact) mass is 209 g/mol. The Labute approximate surface area is 89.2 Å². The van der Waals surface area contributed by atoms with Gasteiger partial charge in [0.05, 0.1) is 0 Å². The van der Waals surface area contributed by atoms with E-state index in [2.05, 4.69) is 0 Å². The first kappa shape index (κ1) is 10.6. The summed E-state index contributed by atoms with van der Waals surface area (Å²) in [4.78, 5) is 0. The van der Waals surface area contributed by atoms with Gasteiger partial charge in [-0.05, 0) is 30.0 Å². The van der Waals surface area contributed by atoms with Crippen LogP contribution in [0.4, 0.5) is 4.39 Å². The van der Waals surface area contributed by atoms with Crippen molar-refractivity contribution in [2.75, 3.05) is 13.7 Å². The van der Waals surface area contributed by atoms with Crippen LogP contribution in [0.25, 0.3) is 0 Å². The summed E-state index contributed by atoms with van der Waals surface area (Å²) in [5.41, 5.74) is 7.09. The minimum atomic E-state index is -0.199. The van der Waals surface area contributed by atoms with E-state index < -0.39 is 0 Å². The Hall–Kier alpha value is -0.930. The first-order chi connectivity index (χ1) is 7.22. The van der Waals surface area contributed by atoms with Crippen LogP contribution < -0.4 is 5.73 Å². The van der Waals surface area contributed by atoms with Crippen LogP contribution in [0.3, 0.4) is 0 Å². The maximum atomic E-state index is 12.8. The highest BCUT2D eigenvalue weighted by atomic mass is 19.1. The Morgan fingerprint density at radius 1 is 1.40 bits per heavy atom. The fraction of sp³-hybridized carbons (Fsp3) is 0.500. The smallest absolute Gasteiger partial charge is 0.123 e. The number of ether oxygens (including phenoxy) is 1. The molecule has 3 atom stereocenters. The van der Waals surface area contributed by atoms with Crippen LogP contribution in [0.5, 0.6) is 0 Å². The number of benzene rings is 1. The quantitative estimate of drug-likeness (QED) is 0.825. The number of hydrogen-bond acceptors (Lipinski definition) is 2. The molecule has 15 heavy (non-hydrogen) atoms. The van der Waals surface area contributed by atoms with Crippen LogP contribution >= 0.6 is 0 Å². The molecule has 3 heteroatoms. The first-order valence-electron chi connectivity index (χ1n) is 5.22. The van der Waals surface area contributed by atoms with Crippen LogP contribution in [0, 0.1) is 11.7 Å². The molecular weight excluding hydrogens is 193 g/mol. The van der Waals surface area contributed by atoms with Gasteiger partial charge in [-0.15, -0.1) is 0 Å². The zero-order chi connectivity index (χ0) is 10.8. The average Bonchev–Trinajstić information content (AvgIpc) is 2.21. The maximum Gasteiger partial charge on any atom is 0.123 e. The van der Waals surface area contributed by atoms with E-state index in [9.17, 15) is 4.39 Å². The molecule has 0 heterocycles. The highest BCUT2D eigenvalue weighted by molar-refractivity contribution is 5.26. The lowest BCUT2D eigenvalue weighted by Gasteiger charge is -2.42. The molecule has 2 rings (SSSR count). The van der Waals surface area contributed by atoms with Crippen molar-refractivity contribution in [1.29, 1.82) is 0 Å². The molecule has 3 unspecified atom stereocenters. The van der Waals surface area contributed by atoms with Gasteiger partial charge < -0.3 is 10.5 Å². The second-order valence-corrected chi connectivity index (χ2v) is 4.19.